The second kappa shape index (κ2) is 6.27. The molecule has 0 bridgehead atoms. The first-order chi connectivity index (χ1) is 9.97. The minimum absolute atomic E-state index is 0.00664. The number of nitro groups is 1. The van der Waals surface area contributed by atoms with Crippen LogP contribution in [-0.4, -0.2) is 21.4 Å². The number of nitrogens with zero attached hydrogens (tertiary/aromatic N) is 3. The van der Waals surface area contributed by atoms with E-state index in [0.717, 1.165) is 11.8 Å². The average molecular weight is 306 g/mol. The van der Waals surface area contributed by atoms with Gasteiger partial charge in [-0.15, -0.1) is 0 Å². The zero-order valence-corrected chi connectivity index (χ0v) is 12.1. The minimum Gasteiger partial charge on any atom is -0.385 e. The molecule has 2 rings (SSSR count). The van der Waals surface area contributed by atoms with Crippen LogP contribution in [0.4, 0.5) is 23.0 Å². The molecule has 5 N–H and O–H groups in total. The van der Waals surface area contributed by atoms with Gasteiger partial charge < -0.3 is 16.8 Å². The molecule has 0 aliphatic carbocycles. The molecule has 0 aliphatic heterocycles. The summed E-state index contributed by atoms with van der Waals surface area (Å²) >= 11 is 1.16. The second-order valence-electron chi connectivity index (χ2n) is 4.11. The van der Waals surface area contributed by atoms with Crippen LogP contribution < -0.4 is 16.8 Å². The van der Waals surface area contributed by atoms with E-state index in [2.05, 4.69) is 15.3 Å². The van der Waals surface area contributed by atoms with Crippen LogP contribution in [-0.2, 0) is 0 Å². The van der Waals surface area contributed by atoms with Gasteiger partial charge in [0.2, 0.25) is 0 Å². The Morgan fingerprint density at radius 1 is 1.24 bits per heavy atom. The van der Waals surface area contributed by atoms with Crippen molar-refractivity contribution in [1.29, 1.82) is 0 Å². The summed E-state index contributed by atoms with van der Waals surface area (Å²) in [5.74, 6) is 0.504. The van der Waals surface area contributed by atoms with Gasteiger partial charge >= 0.3 is 0 Å². The van der Waals surface area contributed by atoms with E-state index in [1.807, 2.05) is 6.92 Å². The third-order valence-electron chi connectivity index (χ3n) is 2.44. The van der Waals surface area contributed by atoms with Crippen LogP contribution >= 0.6 is 11.8 Å². The molecule has 8 nitrogen and oxygen atoms in total. The Morgan fingerprint density at radius 2 is 1.90 bits per heavy atom. The van der Waals surface area contributed by atoms with E-state index in [1.54, 1.807) is 6.07 Å². The van der Waals surface area contributed by atoms with Gasteiger partial charge in [0.1, 0.15) is 11.6 Å². The number of hydrogen-bond donors (Lipinski definition) is 3. The predicted molar refractivity (Wildman–Crippen MR) is 82.2 cm³/mol. The fraction of sp³-hybridized carbons (Fsp3) is 0.167. The first-order valence-corrected chi connectivity index (χ1v) is 6.91. The SMILES string of the molecule is CCNc1cc(Sc2nc(N)cc(N)n2)cc([N+](=O)[O-])c1. The highest BCUT2D eigenvalue weighted by molar-refractivity contribution is 7.99. The Bertz CT molecular complexity index is 659. The molecule has 0 saturated carbocycles. The lowest BCUT2D eigenvalue weighted by atomic mass is 10.3. The van der Waals surface area contributed by atoms with Crippen molar-refractivity contribution in [2.45, 2.75) is 17.0 Å². The summed E-state index contributed by atoms with van der Waals surface area (Å²) in [7, 11) is 0. The Hall–Kier alpha value is -2.55. The van der Waals surface area contributed by atoms with Crippen molar-refractivity contribution in [2.24, 2.45) is 0 Å². The third-order valence-corrected chi connectivity index (χ3v) is 3.27. The summed E-state index contributed by atoms with van der Waals surface area (Å²) in [5.41, 5.74) is 11.9. The van der Waals surface area contributed by atoms with Gasteiger partial charge in [-0.25, -0.2) is 9.97 Å². The number of aromatic nitrogens is 2. The molecule has 2 aromatic rings. The van der Waals surface area contributed by atoms with E-state index >= 15 is 0 Å². The molecule has 0 unspecified atom stereocenters. The minimum atomic E-state index is -0.445. The zero-order chi connectivity index (χ0) is 15.4. The molecule has 21 heavy (non-hydrogen) atoms. The predicted octanol–water partition coefficient (Wildman–Crippen LogP) is 2.13. The number of nitrogens with one attached hydrogen (secondary N) is 1. The molecule has 0 atom stereocenters. The van der Waals surface area contributed by atoms with Crippen molar-refractivity contribution in [1.82, 2.24) is 9.97 Å². The maximum absolute atomic E-state index is 11.0. The van der Waals surface area contributed by atoms with Crippen molar-refractivity contribution < 1.29 is 4.92 Å². The summed E-state index contributed by atoms with van der Waals surface area (Å²) in [4.78, 5) is 19.2. The molecule has 0 radical (unpaired) electrons. The van der Waals surface area contributed by atoms with Crippen molar-refractivity contribution in [3.63, 3.8) is 0 Å². The average Bonchev–Trinajstić information content (AvgIpc) is 2.37. The number of anilines is 3. The van der Waals surface area contributed by atoms with Gasteiger partial charge in [-0.1, -0.05) is 0 Å². The molecule has 9 heteroatoms. The molecule has 1 aromatic heterocycles. The Balaban J connectivity index is 2.35. The normalized spacial score (nSPS) is 10.3. The van der Waals surface area contributed by atoms with Crippen LogP contribution in [0.5, 0.6) is 0 Å². The highest BCUT2D eigenvalue weighted by atomic mass is 32.2. The summed E-state index contributed by atoms with van der Waals surface area (Å²) in [6.45, 7) is 2.57. The third kappa shape index (κ3) is 3.96. The number of nitrogen functional groups attached to an aromatic ring is 2. The molecule has 110 valence electrons. The van der Waals surface area contributed by atoms with Crippen LogP contribution in [0.25, 0.3) is 0 Å². The number of nitro benzene ring substituents is 1. The van der Waals surface area contributed by atoms with E-state index in [4.69, 9.17) is 11.5 Å². The van der Waals surface area contributed by atoms with Crippen LogP contribution in [0.2, 0.25) is 0 Å². The highest BCUT2D eigenvalue weighted by Crippen LogP contribution is 2.31. The van der Waals surface area contributed by atoms with Gasteiger partial charge in [0.25, 0.3) is 5.69 Å². The van der Waals surface area contributed by atoms with E-state index in [1.165, 1.54) is 18.2 Å². The topological polar surface area (TPSA) is 133 Å². The van der Waals surface area contributed by atoms with Crippen molar-refractivity contribution in [3.8, 4) is 0 Å². The van der Waals surface area contributed by atoms with Crippen LogP contribution in [0.3, 0.4) is 0 Å². The van der Waals surface area contributed by atoms with Crippen LogP contribution in [0.15, 0.2) is 34.3 Å². The second-order valence-corrected chi connectivity index (χ2v) is 5.15. The molecule has 0 saturated heterocycles. The molecule has 1 aromatic carbocycles. The Kier molecular flexibility index (Phi) is 4.43. The van der Waals surface area contributed by atoms with Gasteiger partial charge in [0, 0.05) is 35.3 Å². The standard InChI is InChI=1S/C12H14N6O2S/c1-2-15-7-3-8(18(19)20)5-9(4-7)21-12-16-10(13)6-11(14)17-12/h3-6,15H,2H2,1H3,(H4,13,14,16,17). The van der Waals surface area contributed by atoms with Crippen LogP contribution in [0, 0.1) is 10.1 Å². The van der Waals surface area contributed by atoms with Gasteiger partial charge in [0.15, 0.2) is 5.16 Å². The van der Waals surface area contributed by atoms with E-state index in [9.17, 15) is 10.1 Å². The van der Waals surface area contributed by atoms with Gasteiger partial charge in [-0.3, -0.25) is 10.1 Å². The number of non-ortho nitro benzene ring substituents is 1. The summed E-state index contributed by atoms with van der Waals surface area (Å²) in [6.07, 6.45) is 0. The monoisotopic (exact) mass is 306 g/mol. The fourth-order valence-electron chi connectivity index (χ4n) is 1.67. The van der Waals surface area contributed by atoms with E-state index in [-0.39, 0.29) is 17.3 Å². The summed E-state index contributed by atoms with van der Waals surface area (Å²) in [5, 5.41) is 14.4. The molecular weight excluding hydrogens is 292 g/mol. The van der Waals surface area contributed by atoms with Gasteiger partial charge in [-0.05, 0) is 24.8 Å². The van der Waals surface area contributed by atoms with Crippen molar-refractivity contribution in [3.05, 3.63) is 34.4 Å². The number of hydrogen-bond acceptors (Lipinski definition) is 8. The quantitative estimate of drug-likeness (QED) is 0.434. The lowest BCUT2D eigenvalue weighted by Gasteiger charge is -2.07. The zero-order valence-electron chi connectivity index (χ0n) is 11.2. The first-order valence-electron chi connectivity index (χ1n) is 6.09. The highest BCUT2D eigenvalue weighted by Gasteiger charge is 2.12. The molecule has 1 heterocycles. The lowest BCUT2D eigenvalue weighted by molar-refractivity contribution is -0.385. The first kappa shape index (κ1) is 14.9. The molecule has 0 aliphatic rings. The lowest BCUT2D eigenvalue weighted by Crippen LogP contribution is -2.00. The number of benzene rings is 1. The molecular formula is C12H14N6O2S. The maximum Gasteiger partial charge on any atom is 0.272 e. The van der Waals surface area contributed by atoms with Crippen molar-refractivity contribution in [2.75, 3.05) is 23.3 Å². The molecule has 0 spiro atoms. The van der Waals surface area contributed by atoms with Crippen LogP contribution in [0.1, 0.15) is 6.92 Å². The van der Waals surface area contributed by atoms with Gasteiger partial charge in [0.05, 0.1) is 4.92 Å². The largest absolute Gasteiger partial charge is 0.385 e. The summed E-state index contributed by atoms with van der Waals surface area (Å²) < 4.78 is 0. The molecule has 0 amide bonds. The van der Waals surface area contributed by atoms with E-state index < -0.39 is 4.92 Å². The number of nitrogens with two attached hydrogens (primary N) is 2. The summed E-state index contributed by atoms with van der Waals surface area (Å²) in [6, 6.07) is 6.15. The Labute approximate surface area is 125 Å². The smallest absolute Gasteiger partial charge is 0.272 e. The Morgan fingerprint density at radius 3 is 2.48 bits per heavy atom. The number of rotatable bonds is 5. The van der Waals surface area contributed by atoms with Gasteiger partial charge in [-0.2, -0.15) is 0 Å². The molecule has 0 fully saturated rings. The van der Waals surface area contributed by atoms with Crippen molar-refractivity contribution >= 4 is 34.8 Å². The maximum atomic E-state index is 11.0. The van der Waals surface area contributed by atoms with E-state index in [0.29, 0.717) is 22.3 Å². The fourth-order valence-corrected chi connectivity index (χ4v) is 2.55.